The minimum Gasteiger partial charge on any atom is -0.265 e. The van der Waals surface area contributed by atoms with Crippen molar-refractivity contribution in [3.05, 3.63) is 53.5 Å². The van der Waals surface area contributed by atoms with Crippen LogP contribution < -0.4 is 0 Å². The molecule has 0 unspecified atom stereocenters. The number of benzene rings is 1. The average molecular weight is 240 g/mol. The molecule has 1 nitrogen and oxygen atoms in total. The van der Waals surface area contributed by atoms with Gasteiger partial charge in [0, 0.05) is 12.4 Å². The molecular weight excluding hydrogens is 225 g/mol. The standard InChI is InChI=1S/C12H11ClFN.CH4/c1-3-9(8-15-4-2)10-5-6-11(13)12(14)7-10;/h3-8H,2H2,1H3;1H4/b9-3+,15-8?;. The molecule has 0 atom stereocenters. The lowest BCUT2D eigenvalue weighted by molar-refractivity contribution is 0.628. The van der Waals surface area contributed by atoms with Crippen molar-refractivity contribution < 1.29 is 4.39 Å². The minimum atomic E-state index is -0.430. The summed E-state index contributed by atoms with van der Waals surface area (Å²) in [5.41, 5.74) is 1.57. The summed E-state index contributed by atoms with van der Waals surface area (Å²) in [6.45, 7) is 5.33. The van der Waals surface area contributed by atoms with Gasteiger partial charge in [-0.15, -0.1) is 0 Å². The second-order valence-corrected chi connectivity index (χ2v) is 3.24. The minimum absolute atomic E-state index is 0. The molecule has 0 aliphatic rings. The van der Waals surface area contributed by atoms with E-state index in [9.17, 15) is 4.39 Å². The van der Waals surface area contributed by atoms with Gasteiger partial charge in [-0.3, -0.25) is 4.99 Å². The van der Waals surface area contributed by atoms with E-state index in [1.165, 1.54) is 18.3 Å². The van der Waals surface area contributed by atoms with Crippen molar-refractivity contribution in [1.29, 1.82) is 0 Å². The molecule has 0 saturated carbocycles. The van der Waals surface area contributed by atoms with E-state index in [-0.39, 0.29) is 12.4 Å². The summed E-state index contributed by atoms with van der Waals surface area (Å²) in [7, 11) is 0. The van der Waals surface area contributed by atoms with Crippen LogP contribution in [0.25, 0.3) is 5.57 Å². The Morgan fingerprint density at radius 1 is 1.50 bits per heavy atom. The average Bonchev–Trinajstić information content (AvgIpc) is 2.24. The van der Waals surface area contributed by atoms with Crippen molar-refractivity contribution in [2.24, 2.45) is 4.99 Å². The normalized spacial score (nSPS) is 11.3. The Hall–Kier alpha value is -1.41. The molecule has 1 aromatic carbocycles. The quantitative estimate of drug-likeness (QED) is 0.676. The lowest BCUT2D eigenvalue weighted by atomic mass is 10.1. The van der Waals surface area contributed by atoms with Crippen molar-refractivity contribution in [3.63, 3.8) is 0 Å². The molecule has 1 aromatic rings. The van der Waals surface area contributed by atoms with Crippen molar-refractivity contribution in [2.45, 2.75) is 14.4 Å². The molecule has 1 rings (SSSR count). The van der Waals surface area contributed by atoms with Crippen LogP contribution >= 0.6 is 11.6 Å². The van der Waals surface area contributed by atoms with E-state index in [0.29, 0.717) is 0 Å². The topological polar surface area (TPSA) is 12.4 Å². The van der Waals surface area contributed by atoms with E-state index in [4.69, 9.17) is 11.6 Å². The van der Waals surface area contributed by atoms with E-state index < -0.39 is 5.82 Å². The highest BCUT2D eigenvalue weighted by molar-refractivity contribution is 6.30. The fourth-order valence-corrected chi connectivity index (χ4v) is 1.24. The van der Waals surface area contributed by atoms with Crippen LogP contribution in [0, 0.1) is 5.82 Å². The van der Waals surface area contributed by atoms with Gasteiger partial charge >= 0.3 is 0 Å². The molecule has 86 valence electrons. The van der Waals surface area contributed by atoms with E-state index in [2.05, 4.69) is 11.6 Å². The van der Waals surface area contributed by atoms with Gasteiger partial charge in [0.1, 0.15) is 5.82 Å². The van der Waals surface area contributed by atoms with Crippen molar-refractivity contribution >= 4 is 23.4 Å². The maximum Gasteiger partial charge on any atom is 0.142 e. The molecule has 0 bridgehead atoms. The van der Waals surface area contributed by atoms with Crippen LogP contribution in [0.5, 0.6) is 0 Å². The molecule has 0 spiro atoms. The lowest BCUT2D eigenvalue weighted by Gasteiger charge is -2.02. The maximum absolute atomic E-state index is 13.2. The molecule has 0 fully saturated rings. The Morgan fingerprint density at radius 2 is 2.19 bits per heavy atom. The molecule has 0 aliphatic heterocycles. The van der Waals surface area contributed by atoms with E-state index in [1.807, 2.05) is 13.0 Å². The number of allylic oxidation sites excluding steroid dienone is 2. The smallest absolute Gasteiger partial charge is 0.142 e. The van der Waals surface area contributed by atoms with Crippen LogP contribution in [0.2, 0.25) is 5.02 Å². The van der Waals surface area contributed by atoms with E-state index >= 15 is 0 Å². The predicted octanol–water partition coefficient (Wildman–Crippen LogP) is 4.73. The van der Waals surface area contributed by atoms with Crippen LogP contribution in [-0.2, 0) is 0 Å². The van der Waals surface area contributed by atoms with Gasteiger partial charge in [-0.2, -0.15) is 0 Å². The summed E-state index contributed by atoms with van der Waals surface area (Å²) in [5.74, 6) is -0.430. The molecule has 0 aliphatic carbocycles. The largest absolute Gasteiger partial charge is 0.265 e. The van der Waals surface area contributed by atoms with Gasteiger partial charge in [0.05, 0.1) is 5.02 Å². The summed E-state index contributed by atoms with van der Waals surface area (Å²) >= 11 is 5.59. The first-order chi connectivity index (χ1) is 7.19. The van der Waals surface area contributed by atoms with Crippen LogP contribution in [0.3, 0.4) is 0 Å². The van der Waals surface area contributed by atoms with Gasteiger partial charge < -0.3 is 0 Å². The first kappa shape index (κ1) is 14.6. The summed E-state index contributed by atoms with van der Waals surface area (Å²) < 4.78 is 13.2. The number of rotatable bonds is 3. The number of nitrogens with zero attached hydrogens (tertiary/aromatic N) is 1. The molecule has 3 heteroatoms. The molecule has 0 amide bonds. The van der Waals surface area contributed by atoms with Crippen LogP contribution in [0.15, 0.2) is 42.0 Å². The monoisotopic (exact) mass is 239 g/mol. The first-order valence-corrected chi connectivity index (χ1v) is 4.82. The Bertz CT molecular complexity index is 422. The van der Waals surface area contributed by atoms with Crippen molar-refractivity contribution in [1.82, 2.24) is 0 Å². The summed E-state index contributed by atoms with van der Waals surface area (Å²) in [6, 6.07) is 4.65. The van der Waals surface area contributed by atoms with Gasteiger partial charge in [-0.25, -0.2) is 4.39 Å². The summed E-state index contributed by atoms with van der Waals surface area (Å²) in [4.78, 5) is 3.89. The van der Waals surface area contributed by atoms with Gasteiger partial charge in [-0.1, -0.05) is 37.7 Å². The highest BCUT2D eigenvalue weighted by atomic mass is 35.5. The molecule has 0 radical (unpaired) electrons. The van der Waals surface area contributed by atoms with Gasteiger partial charge in [0.15, 0.2) is 0 Å². The zero-order valence-corrected chi connectivity index (χ0v) is 9.13. The van der Waals surface area contributed by atoms with Crippen LogP contribution in [-0.4, -0.2) is 6.21 Å². The third kappa shape index (κ3) is 3.63. The van der Waals surface area contributed by atoms with Gasteiger partial charge in [-0.05, 0) is 30.2 Å². The number of hydrogen-bond acceptors (Lipinski definition) is 1. The Kier molecular flexibility index (Phi) is 6.35. The Morgan fingerprint density at radius 3 is 2.69 bits per heavy atom. The van der Waals surface area contributed by atoms with E-state index in [0.717, 1.165) is 11.1 Å². The van der Waals surface area contributed by atoms with Crippen molar-refractivity contribution in [2.75, 3.05) is 0 Å². The highest BCUT2D eigenvalue weighted by Gasteiger charge is 2.03. The Labute approximate surface area is 101 Å². The SMILES string of the molecule is C.C=CN=C/C(=C\C)c1ccc(Cl)c(F)c1. The lowest BCUT2D eigenvalue weighted by Crippen LogP contribution is -1.87. The molecule has 0 saturated heterocycles. The number of aliphatic imine (C=N–C) groups is 1. The molecule has 0 N–H and O–H groups in total. The van der Waals surface area contributed by atoms with Crippen molar-refractivity contribution in [3.8, 4) is 0 Å². The molecular formula is C13H15ClFN. The first-order valence-electron chi connectivity index (χ1n) is 4.45. The van der Waals surface area contributed by atoms with Crippen LogP contribution in [0.1, 0.15) is 19.9 Å². The summed E-state index contributed by atoms with van der Waals surface area (Å²) in [6.07, 6.45) is 4.89. The van der Waals surface area contributed by atoms with Gasteiger partial charge in [0.25, 0.3) is 0 Å². The Balaban J connectivity index is 0.00000225. The predicted molar refractivity (Wildman–Crippen MR) is 70.5 cm³/mol. The van der Waals surface area contributed by atoms with Gasteiger partial charge in [0.2, 0.25) is 0 Å². The summed E-state index contributed by atoms with van der Waals surface area (Å²) in [5, 5.41) is 0.120. The zero-order chi connectivity index (χ0) is 11.3. The third-order valence-corrected chi connectivity index (χ3v) is 2.19. The zero-order valence-electron chi connectivity index (χ0n) is 8.37. The van der Waals surface area contributed by atoms with Crippen LogP contribution in [0.4, 0.5) is 4.39 Å². The number of halogens is 2. The maximum atomic E-state index is 13.2. The van der Waals surface area contributed by atoms with E-state index in [1.54, 1.807) is 12.3 Å². The second kappa shape index (κ2) is 6.96. The fourth-order valence-electron chi connectivity index (χ4n) is 1.12. The molecule has 0 aromatic heterocycles. The molecule has 0 heterocycles. The third-order valence-electron chi connectivity index (χ3n) is 1.88. The molecule has 16 heavy (non-hydrogen) atoms. The fraction of sp³-hybridized carbons (Fsp3) is 0.154. The number of hydrogen-bond donors (Lipinski definition) is 0. The second-order valence-electron chi connectivity index (χ2n) is 2.83. The highest BCUT2D eigenvalue weighted by Crippen LogP contribution is 2.20.